The van der Waals surface area contributed by atoms with Crippen molar-refractivity contribution >= 4 is 19.7 Å². The van der Waals surface area contributed by atoms with Crippen molar-refractivity contribution in [3.8, 4) is 0 Å². The molecule has 63 heavy (non-hydrogen) atoms. The van der Waals surface area contributed by atoms with E-state index in [2.05, 4.69) is 74.7 Å². The molecule has 10 heteroatoms. The zero-order valence-corrected chi connectivity index (χ0v) is 42.4. The number of unbranched alkanes of at least 4 members (excludes halogenated alkanes) is 23. The number of phosphoric acid groups is 1. The van der Waals surface area contributed by atoms with Crippen LogP contribution >= 0.6 is 7.82 Å². The molecule has 0 spiro atoms. The van der Waals surface area contributed by atoms with Gasteiger partial charge in [0.25, 0.3) is 0 Å². The number of quaternary nitrogens is 1. The summed E-state index contributed by atoms with van der Waals surface area (Å²) < 4.78 is 30.4. The van der Waals surface area contributed by atoms with Crippen LogP contribution < -0.4 is 5.32 Å². The largest absolute Gasteiger partial charge is 0.472 e. The van der Waals surface area contributed by atoms with Crippen molar-refractivity contribution in [1.29, 1.82) is 0 Å². The standard InChI is InChI=1S/C53H97N2O7P/c1-7-10-13-16-19-22-25-26-27-28-31-33-36-39-42-45-52(56)54-50(49-61-63(58,59)60-48-47-55(4,5)6)51(44-41-38-35-32-29-23-20-17-14-11-8-2)62-53(57)46-43-40-37-34-30-24-21-18-15-12-9-3/h10,13,16,18-19,21-22,25,41,44,50-51H,7-9,11-12,14-15,17,20,23-24,26-40,42-43,45-49H2,1-6H3,(H-,54,56,58,59)/p+1/b13-10+,19-16+,21-18-,25-22+,44-41-. The Labute approximate surface area is 388 Å². The van der Waals surface area contributed by atoms with E-state index in [0.717, 1.165) is 103 Å². The molecule has 2 N–H and O–H groups in total. The van der Waals surface area contributed by atoms with Crippen molar-refractivity contribution in [3.05, 3.63) is 60.8 Å². The Morgan fingerprint density at radius 2 is 1.05 bits per heavy atom. The van der Waals surface area contributed by atoms with Gasteiger partial charge in [-0.3, -0.25) is 18.6 Å². The summed E-state index contributed by atoms with van der Waals surface area (Å²) in [5.74, 6) is -0.535. The van der Waals surface area contributed by atoms with Crippen LogP contribution in [0.5, 0.6) is 0 Å². The maximum Gasteiger partial charge on any atom is 0.472 e. The Balaban J connectivity index is 5.44. The van der Waals surface area contributed by atoms with Gasteiger partial charge >= 0.3 is 13.8 Å². The SMILES string of the molecule is CC/C=C/C=C/C=C/CCCCCCCCCC(=O)NC(COP(=O)(O)OCC[N+](C)(C)C)C(/C=C\CCCCCCCCCCC)OC(=O)CCCCCCC/C=C\CCCC. The highest BCUT2D eigenvalue weighted by atomic mass is 31.2. The molecule has 0 aromatic heterocycles. The highest BCUT2D eigenvalue weighted by Crippen LogP contribution is 2.43. The number of phosphoric ester groups is 1. The summed E-state index contributed by atoms with van der Waals surface area (Å²) in [4.78, 5) is 37.3. The molecule has 0 aliphatic rings. The van der Waals surface area contributed by atoms with Gasteiger partial charge in [-0.25, -0.2) is 4.57 Å². The number of hydrogen-bond acceptors (Lipinski definition) is 6. The first-order chi connectivity index (χ1) is 30.4. The Morgan fingerprint density at radius 1 is 0.571 bits per heavy atom. The lowest BCUT2D eigenvalue weighted by molar-refractivity contribution is -0.870. The number of amides is 1. The topological polar surface area (TPSA) is 111 Å². The predicted octanol–water partition coefficient (Wildman–Crippen LogP) is 14.8. The number of esters is 1. The Bertz CT molecular complexity index is 1270. The van der Waals surface area contributed by atoms with Crippen molar-refractivity contribution in [2.75, 3.05) is 40.9 Å². The maximum absolute atomic E-state index is 13.4. The third kappa shape index (κ3) is 44.7. The Morgan fingerprint density at radius 3 is 1.60 bits per heavy atom. The molecule has 0 radical (unpaired) electrons. The van der Waals surface area contributed by atoms with Crippen molar-refractivity contribution in [2.45, 2.75) is 226 Å². The molecule has 0 heterocycles. The van der Waals surface area contributed by atoms with E-state index in [1.165, 1.54) is 77.0 Å². The fourth-order valence-corrected chi connectivity index (χ4v) is 7.71. The lowest BCUT2D eigenvalue weighted by Crippen LogP contribution is -2.47. The van der Waals surface area contributed by atoms with Crippen LogP contribution in [0.15, 0.2) is 60.8 Å². The smallest absolute Gasteiger partial charge is 0.456 e. The third-order valence-electron chi connectivity index (χ3n) is 11.0. The molecule has 1 amide bonds. The first-order valence-corrected chi connectivity index (χ1v) is 27.1. The van der Waals surface area contributed by atoms with E-state index < -0.39 is 20.0 Å². The second kappa shape index (κ2) is 43.6. The van der Waals surface area contributed by atoms with E-state index in [1.54, 1.807) is 0 Å². The van der Waals surface area contributed by atoms with Gasteiger partial charge in [0.15, 0.2) is 0 Å². The fourth-order valence-electron chi connectivity index (χ4n) is 6.98. The van der Waals surface area contributed by atoms with Gasteiger partial charge in [0.05, 0.1) is 33.8 Å². The molecule has 0 aromatic rings. The molecule has 0 aliphatic heterocycles. The minimum Gasteiger partial charge on any atom is -0.456 e. The Hall–Kier alpha value is -2.29. The van der Waals surface area contributed by atoms with Crippen LogP contribution in [0.1, 0.15) is 213 Å². The van der Waals surface area contributed by atoms with E-state index >= 15 is 0 Å². The van der Waals surface area contributed by atoms with E-state index in [1.807, 2.05) is 33.3 Å². The lowest BCUT2D eigenvalue weighted by atomic mass is 10.1. The normalized spacial score (nSPS) is 14.5. The summed E-state index contributed by atoms with van der Waals surface area (Å²) >= 11 is 0. The molecule has 0 saturated heterocycles. The molecular formula is C53H98N2O7P+. The molecule has 0 saturated carbocycles. The van der Waals surface area contributed by atoms with Gasteiger partial charge in [-0.15, -0.1) is 0 Å². The van der Waals surface area contributed by atoms with Crippen LogP contribution in [-0.2, 0) is 27.9 Å². The third-order valence-corrected chi connectivity index (χ3v) is 12.0. The number of likely N-dealkylation sites (N-methyl/N-ethyl adjacent to an activating group) is 1. The minimum absolute atomic E-state index is 0.0346. The van der Waals surface area contributed by atoms with Crippen LogP contribution in [0.2, 0.25) is 0 Å². The van der Waals surface area contributed by atoms with Crippen molar-refractivity contribution in [1.82, 2.24) is 5.32 Å². The summed E-state index contributed by atoms with van der Waals surface area (Å²) in [6.45, 7) is 6.80. The summed E-state index contributed by atoms with van der Waals surface area (Å²) in [6, 6.07) is -0.856. The summed E-state index contributed by atoms with van der Waals surface area (Å²) in [5, 5.41) is 3.02. The highest BCUT2D eigenvalue weighted by molar-refractivity contribution is 7.47. The van der Waals surface area contributed by atoms with E-state index in [-0.39, 0.29) is 31.5 Å². The second-order valence-corrected chi connectivity index (χ2v) is 19.8. The predicted molar refractivity (Wildman–Crippen MR) is 268 cm³/mol. The molecule has 0 bridgehead atoms. The van der Waals surface area contributed by atoms with Crippen molar-refractivity contribution in [2.24, 2.45) is 0 Å². The number of ether oxygens (including phenoxy) is 1. The second-order valence-electron chi connectivity index (χ2n) is 18.4. The van der Waals surface area contributed by atoms with Crippen LogP contribution in [0, 0.1) is 0 Å². The first kappa shape index (κ1) is 60.7. The summed E-state index contributed by atoms with van der Waals surface area (Å²) in [7, 11) is 1.47. The number of hydrogen-bond donors (Lipinski definition) is 2. The highest BCUT2D eigenvalue weighted by Gasteiger charge is 2.30. The molecule has 3 unspecified atom stereocenters. The average Bonchev–Trinajstić information content (AvgIpc) is 3.23. The summed E-state index contributed by atoms with van der Waals surface area (Å²) in [6.07, 6.45) is 52.1. The average molecular weight is 906 g/mol. The van der Waals surface area contributed by atoms with Gasteiger partial charge in [-0.05, 0) is 70.3 Å². The maximum atomic E-state index is 13.4. The van der Waals surface area contributed by atoms with E-state index in [0.29, 0.717) is 17.4 Å². The number of rotatable bonds is 45. The molecule has 0 aromatic carbocycles. The molecule has 0 rings (SSSR count). The zero-order valence-electron chi connectivity index (χ0n) is 41.6. The van der Waals surface area contributed by atoms with Gasteiger partial charge in [-0.1, -0.05) is 191 Å². The van der Waals surface area contributed by atoms with Crippen molar-refractivity contribution in [3.63, 3.8) is 0 Å². The fraction of sp³-hybridized carbons (Fsp3) is 0.774. The number of nitrogens with zero attached hydrogens (tertiary/aromatic N) is 1. The molecular weight excluding hydrogens is 808 g/mol. The minimum atomic E-state index is -4.44. The molecule has 0 aliphatic carbocycles. The van der Waals surface area contributed by atoms with Gasteiger partial charge in [-0.2, -0.15) is 0 Å². The number of nitrogens with one attached hydrogen (secondary N) is 1. The molecule has 0 fully saturated rings. The van der Waals surface area contributed by atoms with Gasteiger partial charge in [0.1, 0.15) is 19.3 Å². The Kier molecular flexibility index (Phi) is 42.0. The van der Waals surface area contributed by atoms with Crippen LogP contribution in [-0.4, -0.2) is 74.3 Å². The first-order valence-electron chi connectivity index (χ1n) is 25.6. The molecule has 3 atom stereocenters. The van der Waals surface area contributed by atoms with E-state index in [9.17, 15) is 19.0 Å². The number of carbonyl (C=O) groups is 2. The monoisotopic (exact) mass is 906 g/mol. The van der Waals surface area contributed by atoms with E-state index in [4.69, 9.17) is 13.8 Å². The van der Waals surface area contributed by atoms with Gasteiger partial charge in [0, 0.05) is 12.8 Å². The van der Waals surface area contributed by atoms with Gasteiger partial charge in [0.2, 0.25) is 5.91 Å². The van der Waals surface area contributed by atoms with Crippen LogP contribution in [0.3, 0.4) is 0 Å². The van der Waals surface area contributed by atoms with Crippen molar-refractivity contribution < 1.29 is 37.3 Å². The molecule has 366 valence electrons. The van der Waals surface area contributed by atoms with Gasteiger partial charge < -0.3 is 19.4 Å². The molecule has 9 nitrogen and oxygen atoms in total. The quantitative estimate of drug-likeness (QED) is 0.0156. The zero-order chi connectivity index (χ0) is 46.5. The van der Waals surface area contributed by atoms with Crippen LogP contribution in [0.25, 0.3) is 0 Å². The number of carbonyl (C=O) groups excluding carboxylic acids is 2. The van der Waals surface area contributed by atoms with Crippen LogP contribution in [0.4, 0.5) is 0 Å². The summed E-state index contributed by atoms with van der Waals surface area (Å²) in [5.41, 5.74) is 0. The lowest BCUT2D eigenvalue weighted by Gasteiger charge is -2.27. The number of allylic oxidation sites excluding steroid dienone is 9.